The first-order chi connectivity index (χ1) is 12.9. The molecule has 1 atom stereocenters. The van der Waals surface area contributed by atoms with E-state index in [1.165, 1.54) is 38.5 Å². The number of hydrogen-bond acceptors (Lipinski definition) is 2. The van der Waals surface area contributed by atoms with Crippen LogP contribution >= 0.6 is 15.9 Å². The summed E-state index contributed by atoms with van der Waals surface area (Å²) < 4.78 is 0.942. The van der Waals surface area contributed by atoms with Crippen LogP contribution in [0.1, 0.15) is 62.2 Å². The van der Waals surface area contributed by atoms with Gasteiger partial charge in [-0.3, -0.25) is 9.59 Å². The second-order valence-electron chi connectivity index (χ2n) is 9.08. The van der Waals surface area contributed by atoms with Crippen LogP contribution < -0.4 is 10.6 Å². The van der Waals surface area contributed by atoms with Gasteiger partial charge in [0.25, 0.3) is 5.91 Å². The van der Waals surface area contributed by atoms with Crippen LogP contribution in [0, 0.1) is 23.2 Å². The normalized spacial score (nSPS) is 32.1. The zero-order valence-corrected chi connectivity index (χ0v) is 17.6. The highest BCUT2D eigenvalue weighted by molar-refractivity contribution is 9.10. The first kappa shape index (κ1) is 19.0. The van der Waals surface area contributed by atoms with Gasteiger partial charge in [-0.05, 0) is 92.9 Å². The molecule has 2 amide bonds. The Bertz CT molecular complexity index is 680. The molecule has 4 fully saturated rings. The molecule has 4 saturated carbocycles. The zero-order chi connectivity index (χ0) is 19.0. The van der Waals surface area contributed by atoms with Crippen molar-refractivity contribution in [1.82, 2.24) is 10.6 Å². The lowest BCUT2D eigenvalue weighted by atomic mass is 9.48. The summed E-state index contributed by atoms with van der Waals surface area (Å²) in [4.78, 5) is 24.6. The molecule has 146 valence electrons. The van der Waals surface area contributed by atoms with Gasteiger partial charge < -0.3 is 10.6 Å². The van der Waals surface area contributed by atoms with Gasteiger partial charge in [0.2, 0.25) is 5.91 Å². The maximum absolute atomic E-state index is 12.4. The van der Waals surface area contributed by atoms with Crippen LogP contribution in [0.2, 0.25) is 0 Å². The third-order valence-electron chi connectivity index (χ3n) is 7.13. The highest BCUT2D eigenvalue weighted by Gasteiger charge is 2.53. The fraction of sp³-hybridized carbons (Fsp3) is 0.636. The van der Waals surface area contributed by atoms with Crippen molar-refractivity contribution in [1.29, 1.82) is 0 Å². The summed E-state index contributed by atoms with van der Waals surface area (Å²) >= 11 is 3.36. The Morgan fingerprint density at radius 2 is 1.63 bits per heavy atom. The van der Waals surface area contributed by atoms with Gasteiger partial charge in [-0.2, -0.15) is 0 Å². The summed E-state index contributed by atoms with van der Waals surface area (Å²) in [6.07, 6.45) is 8.47. The van der Waals surface area contributed by atoms with Gasteiger partial charge in [0, 0.05) is 29.0 Å². The van der Waals surface area contributed by atoms with Gasteiger partial charge in [-0.15, -0.1) is 0 Å². The number of halogens is 1. The largest absolute Gasteiger partial charge is 0.353 e. The second-order valence-corrected chi connectivity index (χ2v) is 10.00. The monoisotopic (exact) mass is 432 g/mol. The summed E-state index contributed by atoms with van der Waals surface area (Å²) in [5, 5.41) is 6.10. The molecule has 27 heavy (non-hydrogen) atoms. The number of benzene rings is 1. The number of rotatable bonds is 6. The van der Waals surface area contributed by atoms with Crippen molar-refractivity contribution in [2.24, 2.45) is 23.2 Å². The van der Waals surface area contributed by atoms with Crippen LogP contribution in [0.3, 0.4) is 0 Å². The van der Waals surface area contributed by atoms with Crippen molar-refractivity contribution in [3.8, 4) is 0 Å². The maximum atomic E-state index is 12.4. The molecule has 5 rings (SSSR count). The molecular weight excluding hydrogens is 404 g/mol. The third-order valence-corrected chi connectivity index (χ3v) is 7.65. The third kappa shape index (κ3) is 4.08. The first-order valence-electron chi connectivity index (χ1n) is 10.3. The molecule has 0 saturated heterocycles. The van der Waals surface area contributed by atoms with E-state index in [1.54, 1.807) is 12.1 Å². The standard InChI is InChI=1S/C22H29BrN2O2/c1-14(22-11-15-8-16(12-22)10-17(9-15)13-22)25-20(26)6-7-24-21(27)18-2-4-19(23)5-3-18/h2-5,14-17H,6-13H2,1H3,(H,24,27)(H,25,26). The van der Waals surface area contributed by atoms with Gasteiger partial charge >= 0.3 is 0 Å². The smallest absolute Gasteiger partial charge is 0.251 e. The van der Waals surface area contributed by atoms with Crippen molar-refractivity contribution in [2.45, 2.75) is 57.9 Å². The molecule has 4 aliphatic carbocycles. The summed E-state index contributed by atoms with van der Waals surface area (Å²) in [6, 6.07) is 7.47. The quantitative estimate of drug-likeness (QED) is 0.703. The first-order valence-corrected chi connectivity index (χ1v) is 11.1. The van der Waals surface area contributed by atoms with E-state index >= 15 is 0 Å². The van der Waals surface area contributed by atoms with E-state index in [-0.39, 0.29) is 17.9 Å². The number of carbonyl (C=O) groups excluding carboxylic acids is 2. The lowest BCUT2D eigenvalue weighted by molar-refractivity contribution is -0.125. The Hall–Kier alpha value is -1.36. The van der Waals surface area contributed by atoms with Crippen LogP contribution in [0.15, 0.2) is 28.7 Å². The summed E-state index contributed by atoms with van der Waals surface area (Å²) in [5.41, 5.74) is 0.936. The fourth-order valence-electron chi connectivity index (χ4n) is 6.17. The maximum Gasteiger partial charge on any atom is 0.251 e. The molecular formula is C22H29BrN2O2. The summed E-state index contributed by atoms with van der Waals surface area (Å²) in [6.45, 7) is 2.57. The second kappa shape index (κ2) is 7.57. The summed E-state index contributed by atoms with van der Waals surface area (Å²) in [7, 11) is 0. The molecule has 0 radical (unpaired) electrons. The zero-order valence-electron chi connectivity index (χ0n) is 16.0. The van der Waals surface area contributed by atoms with Crippen LogP contribution in [0.25, 0.3) is 0 Å². The van der Waals surface area contributed by atoms with Crippen LogP contribution in [0.4, 0.5) is 0 Å². The van der Waals surface area contributed by atoms with Gasteiger partial charge in [0.1, 0.15) is 0 Å². The van der Waals surface area contributed by atoms with Crippen LogP contribution in [-0.4, -0.2) is 24.4 Å². The van der Waals surface area contributed by atoms with Crippen molar-refractivity contribution in [2.75, 3.05) is 6.54 Å². The van der Waals surface area contributed by atoms with E-state index in [9.17, 15) is 9.59 Å². The van der Waals surface area contributed by atoms with E-state index in [2.05, 4.69) is 33.5 Å². The minimum absolute atomic E-state index is 0.0503. The fourth-order valence-corrected chi connectivity index (χ4v) is 6.43. The minimum atomic E-state index is -0.135. The number of carbonyl (C=O) groups is 2. The average molecular weight is 433 g/mol. The number of hydrogen-bond donors (Lipinski definition) is 2. The van der Waals surface area contributed by atoms with Crippen LogP contribution in [-0.2, 0) is 4.79 Å². The molecule has 0 aliphatic heterocycles. The Kier molecular flexibility index (Phi) is 5.32. The number of amides is 2. The molecule has 0 spiro atoms. The SMILES string of the molecule is CC(NC(=O)CCNC(=O)c1ccc(Br)cc1)C12CC3CC(CC(C3)C1)C2. The van der Waals surface area contributed by atoms with Crippen molar-refractivity contribution < 1.29 is 9.59 Å². The van der Waals surface area contributed by atoms with Crippen molar-refractivity contribution in [3.05, 3.63) is 34.3 Å². The number of nitrogens with one attached hydrogen (secondary N) is 2. The molecule has 1 aromatic rings. The van der Waals surface area contributed by atoms with Crippen molar-refractivity contribution >= 4 is 27.7 Å². The van der Waals surface area contributed by atoms with Gasteiger partial charge in [0.15, 0.2) is 0 Å². The van der Waals surface area contributed by atoms with E-state index in [4.69, 9.17) is 0 Å². The highest BCUT2D eigenvalue weighted by Crippen LogP contribution is 2.61. The Labute approximate surface area is 170 Å². The lowest BCUT2D eigenvalue weighted by Gasteiger charge is -2.59. The van der Waals surface area contributed by atoms with E-state index in [0.29, 0.717) is 23.9 Å². The van der Waals surface area contributed by atoms with Crippen molar-refractivity contribution in [3.63, 3.8) is 0 Å². The molecule has 5 heteroatoms. The van der Waals surface area contributed by atoms with E-state index in [1.807, 2.05) is 12.1 Å². The Morgan fingerprint density at radius 3 is 2.19 bits per heavy atom. The topological polar surface area (TPSA) is 58.2 Å². The van der Waals surface area contributed by atoms with Crippen LogP contribution in [0.5, 0.6) is 0 Å². The molecule has 0 heterocycles. The van der Waals surface area contributed by atoms with Gasteiger partial charge in [0.05, 0.1) is 0 Å². The molecule has 1 aromatic carbocycles. The minimum Gasteiger partial charge on any atom is -0.353 e. The molecule has 1 unspecified atom stereocenters. The predicted octanol–water partition coefficient (Wildman–Crippen LogP) is 4.29. The average Bonchev–Trinajstić information content (AvgIpc) is 2.61. The Morgan fingerprint density at radius 1 is 1.07 bits per heavy atom. The highest BCUT2D eigenvalue weighted by atomic mass is 79.9. The molecule has 4 aliphatic rings. The predicted molar refractivity (Wildman–Crippen MR) is 109 cm³/mol. The molecule has 4 nitrogen and oxygen atoms in total. The van der Waals surface area contributed by atoms with E-state index in [0.717, 1.165) is 22.2 Å². The van der Waals surface area contributed by atoms with E-state index < -0.39 is 0 Å². The molecule has 2 N–H and O–H groups in total. The molecule has 0 aromatic heterocycles. The Balaban J connectivity index is 1.25. The summed E-state index contributed by atoms with van der Waals surface area (Å²) in [5.74, 6) is 2.58. The lowest BCUT2D eigenvalue weighted by Crippen LogP contribution is -2.56. The van der Waals surface area contributed by atoms with Gasteiger partial charge in [-0.1, -0.05) is 15.9 Å². The van der Waals surface area contributed by atoms with Gasteiger partial charge in [-0.25, -0.2) is 0 Å². The molecule has 4 bridgehead atoms.